The first kappa shape index (κ1) is 17.1. The molecule has 116 valence electrons. The Hall–Kier alpha value is -1.24. The van der Waals surface area contributed by atoms with Crippen LogP contribution in [0, 0.1) is 0 Å². The predicted molar refractivity (Wildman–Crippen MR) is 86.5 cm³/mol. The second-order valence-electron chi connectivity index (χ2n) is 4.57. The van der Waals surface area contributed by atoms with Crippen LogP contribution in [-0.4, -0.2) is 4.55 Å². The average molecular weight is 389 g/mol. The zero-order chi connectivity index (χ0) is 16.2. The fourth-order valence-corrected chi connectivity index (χ4v) is 2.92. The maximum Gasteiger partial charge on any atom is 0.416 e. The van der Waals surface area contributed by atoms with Crippen molar-refractivity contribution < 1.29 is 17.7 Å². The van der Waals surface area contributed by atoms with Crippen molar-refractivity contribution in [1.82, 2.24) is 0 Å². The maximum absolute atomic E-state index is 12.4. The first-order valence-corrected chi connectivity index (χ1v) is 8.49. The molecule has 0 N–H and O–H groups in total. The molecule has 0 bridgehead atoms. The summed E-state index contributed by atoms with van der Waals surface area (Å²) in [7, 11) is 0. The number of halogens is 4. The van der Waals surface area contributed by atoms with Gasteiger partial charge in [-0.1, -0.05) is 40.2 Å². The minimum absolute atomic E-state index is 0.365. The summed E-state index contributed by atoms with van der Waals surface area (Å²) in [5, 5.41) is 1.49. The third-order valence-corrected chi connectivity index (χ3v) is 4.46. The summed E-state index contributed by atoms with van der Waals surface area (Å²) in [6, 6.07) is 12.2. The Kier molecular flexibility index (Phi) is 5.72. The number of benzene rings is 2. The van der Waals surface area contributed by atoms with Gasteiger partial charge in [0.25, 0.3) is 0 Å². The molecule has 0 aliphatic rings. The lowest BCUT2D eigenvalue weighted by atomic mass is 10.1. The Morgan fingerprint density at radius 3 is 2.14 bits per heavy atom. The fraction of sp³-hybridized carbons (Fsp3) is 0.125. The van der Waals surface area contributed by atoms with Crippen molar-refractivity contribution in [3.05, 3.63) is 75.1 Å². The smallest absolute Gasteiger partial charge is 0.416 e. The summed E-state index contributed by atoms with van der Waals surface area (Å²) >= 11 is 2.10. The van der Waals surface area contributed by atoms with E-state index in [0.717, 1.165) is 22.2 Å². The molecular formula is C16H12BrF3OS. The van der Waals surface area contributed by atoms with Crippen LogP contribution < -0.4 is 0 Å². The van der Waals surface area contributed by atoms with Gasteiger partial charge in [0.2, 0.25) is 0 Å². The van der Waals surface area contributed by atoms with Crippen molar-refractivity contribution >= 4 is 33.2 Å². The normalized spacial score (nSPS) is 13.5. The quantitative estimate of drug-likeness (QED) is 0.644. The van der Waals surface area contributed by atoms with Crippen LogP contribution >= 0.6 is 15.9 Å². The Morgan fingerprint density at radius 1 is 1.00 bits per heavy atom. The van der Waals surface area contributed by atoms with E-state index >= 15 is 0 Å². The summed E-state index contributed by atoms with van der Waals surface area (Å²) in [5.74, 6) is 0.365. The number of hydrogen-bond acceptors (Lipinski definition) is 1. The largest absolute Gasteiger partial charge is 0.612 e. The number of hydrogen-bond donors (Lipinski definition) is 0. The third-order valence-electron chi connectivity index (χ3n) is 2.87. The van der Waals surface area contributed by atoms with E-state index in [-0.39, 0.29) is 0 Å². The highest BCUT2D eigenvalue weighted by atomic mass is 79.9. The maximum atomic E-state index is 12.4. The molecule has 6 heteroatoms. The molecule has 0 saturated carbocycles. The average Bonchev–Trinajstić information content (AvgIpc) is 2.47. The highest BCUT2D eigenvalue weighted by Gasteiger charge is 2.29. The van der Waals surface area contributed by atoms with Crippen molar-refractivity contribution in [2.75, 3.05) is 0 Å². The summed E-state index contributed by atoms with van der Waals surface area (Å²) in [6.07, 6.45) is -2.78. The lowest BCUT2D eigenvalue weighted by molar-refractivity contribution is -0.137. The second-order valence-corrected chi connectivity index (χ2v) is 6.81. The van der Waals surface area contributed by atoms with Gasteiger partial charge in [0.15, 0.2) is 0 Å². The molecule has 0 spiro atoms. The van der Waals surface area contributed by atoms with Crippen LogP contribution in [0.3, 0.4) is 0 Å². The van der Waals surface area contributed by atoms with Gasteiger partial charge in [-0.3, -0.25) is 0 Å². The van der Waals surface area contributed by atoms with E-state index in [2.05, 4.69) is 15.9 Å². The van der Waals surface area contributed by atoms with E-state index in [1.807, 2.05) is 24.3 Å². The Labute approximate surface area is 138 Å². The van der Waals surface area contributed by atoms with E-state index < -0.39 is 22.9 Å². The Morgan fingerprint density at radius 2 is 1.59 bits per heavy atom. The van der Waals surface area contributed by atoms with E-state index in [9.17, 15) is 17.7 Å². The van der Waals surface area contributed by atoms with Crippen molar-refractivity contribution in [1.29, 1.82) is 0 Å². The Bertz CT molecular complexity index is 636. The third kappa shape index (κ3) is 5.19. The van der Waals surface area contributed by atoms with Crippen LogP contribution in [0.4, 0.5) is 13.2 Å². The number of alkyl halides is 3. The molecule has 0 fully saturated rings. The molecule has 1 unspecified atom stereocenters. The summed E-state index contributed by atoms with van der Waals surface area (Å²) in [4.78, 5) is 0. The first-order valence-electron chi connectivity index (χ1n) is 6.32. The van der Waals surface area contributed by atoms with Gasteiger partial charge in [0, 0.05) is 10.0 Å². The second kappa shape index (κ2) is 7.35. The van der Waals surface area contributed by atoms with Crippen molar-refractivity contribution in [3.63, 3.8) is 0 Å². The molecule has 0 saturated heterocycles. The van der Waals surface area contributed by atoms with Gasteiger partial charge in [-0.25, -0.2) is 0 Å². The van der Waals surface area contributed by atoms with Gasteiger partial charge in [0.1, 0.15) is 11.2 Å². The SMILES string of the molecule is [O-][S+](/C=C/c1ccc(C(F)(F)F)cc1)Cc1ccc(Br)cc1. The topological polar surface area (TPSA) is 23.1 Å². The van der Waals surface area contributed by atoms with Crippen molar-refractivity contribution in [3.8, 4) is 0 Å². The van der Waals surface area contributed by atoms with Gasteiger partial charge in [-0.15, -0.1) is 0 Å². The van der Waals surface area contributed by atoms with Gasteiger partial charge in [-0.05, 0) is 47.1 Å². The molecule has 0 aliphatic heterocycles. The highest BCUT2D eigenvalue weighted by Crippen LogP contribution is 2.29. The molecule has 1 nitrogen and oxygen atoms in total. The van der Waals surface area contributed by atoms with Crippen LogP contribution in [0.1, 0.15) is 16.7 Å². The minimum atomic E-state index is -4.34. The van der Waals surface area contributed by atoms with Crippen LogP contribution in [0.2, 0.25) is 0 Å². The summed E-state index contributed by atoms with van der Waals surface area (Å²) in [6.45, 7) is 0. The molecule has 0 amide bonds. The van der Waals surface area contributed by atoms with E-state index in [1.54, 1.807) is 6.08 Å². The van der Waals surface area contributed by atoms with Gasteiger partial charge < -0.3 is 4.55 Å². The molecule has 0 aliphatic carbocycles. The molecule has 2 aromatic carbocycles. The molecule has 2 aromatic rings. The van der Waals surface area contributed by atoms with Crippen LogP contribution in [0.15, 0.2) is 58.4 Å². The number of rotatable bonds is 4. The molecular weight excluding hydrogens is 377 g/mol. The van der Waals surface area contributed by atoms with Gasteiger partial charge in [-0.2, -0.15) is 13.2 Å². The molecule has 0 heterocycles. The van der Waals surface area contributed by atoms with Crippen molar-refractivity contribution in [2.24, 2.45) is 0 Å². The standard InChI is InChI=1S/C16H12BrF3OS/c17-15-7-3-13(4-8-15)11-22(21)10-9-12-1-5-14(6-2-12)16(18,19)20/h1-10H,11H2/b10-9+. The monoisotopic (exact) mass is 388 g/mol. The van der Waals surface area contributed by atoms with E-state index in [1.165, 1.54) is 17.5 Å². The fourth-order valence-electron chi connectivity index (χ4n) is 1.73. The lowest BCUT2D eigenvalue weighted by Gasteiger charge is -2.07. The van der Waals surface area contributed by atoms with Crippen molar-refractivity contribution in [2.45, 2.75) is 11.9 Å². The highest BCUT2D eigenvalue weighted by molar-refractivity contribution is 9.10. The molecule has 0 aromatic heterocycles. The van der Waals surface area contributed by atoms with Gasteiger partial charge >= 0.3 is 6.18 Å². The summed E-state index contributed by atoms with van der Waals surface area (Å²) < 4.78 is 50.2. The molecule has 2 rings (SSSR count). The Balaban J connectivity index is 1.97. The zero-order valence-electron chi connectivity index (χ0n) is 11.3. The minimum Gasteiger partial charge on any atom is -0.612 e. The molecule has 0 radical (unpaired) electrons. The van der Waals surface area contributed by atoms with E-state index in [4.69, 9.17) is 0 Å². The zero-order valence-corrected chi connectivity index (χ0v) is 13.7. The first-order chi connectivity index (χ1) is 10.3. The van der Waals surface area contributed by atoms with E-state index in [0.29, 0.717) is 11.3 Å². The molecule has 22 heavy (non-hydrogen) atoms. The predicted octanol–water partition coefficient (Wildman–Crippen LogP) is 5.39. The molecule has 1 atom stereocenters. The van der Waals surface area contributed by atoms with Gasteiger partial charge in [0.05, 0.1) is 5.56 Å². The van der Waals surface area contributed by atoms with Crippen LogP contribution in [0.5, 0.6) is 0 Å². The lowest BCUT2D eigenvalue weighted by Crippen LogP contribution is -2.04. The van der Waals surface area contributed by atoms with Crippen LogP contribution in [-0.2, 0) is 23.1 Å². The summed E-state index contributed by atoms with van der Waals surface area (Å²) in [5.41, 5.74) is 0.816. The van der Waals surface area contributed by atoms with Crippen LogP contribution in [0.25, 0.3) is 6.08 Å².